The normalized spacial score (nSPS) is 24.8. The molecule has 7 heteroatoms. The lowest BCUT2D eigenvalue weighted by molar-refractivity contribution is -0.133. The van der Waals surface area contributed by atoms with E-state index < -0.39 is 11.6 Å². The molecular weight excluding hydrogens is 316 g/mol. The van der Waals surface area contributed by atoms with Gasteiger partial charge >= 0.3 is 0 Å². The summed E-state index contributed by atoms with van der Waals surface area (Å²) in [5.41, 5.74) is -0.461. The van der Waals surface area contributed by atoms with E-state index >= 15 is 0 Å². The Labute approximate surface area is 142 Å². The van der Waals surface area contributed by atoms with Crippen molar-refractivity contribution in [1.29, 1.82) is 5.26 Å². The predicted molar refractivity (Wildman–Crippen MR) is 87.9 cm³/mol. The number of nitriles is 1. The van der Waals surface area contributed by atoms with Crippen LogP contribution in [0.2, 0.25) is 0 Å². The number of rotatable bonds is 5. The van der Waals surface area contributed by atoms with Gasteiger partial charge in [-0.1, -0.05) is 0 Å². The van der Waals surface area contributed by atoms with Gasteiger partial charge in [-0.3, -0.25) is 9.59 Å². The third-order valence-electron chi connectivity index (χ3n) is 4.49. The standard InChI is InChI=1S/C16H25ClN4O2/c1-16(2,8-14(22)20-5-3-4-6-20)19-10-15(23)21-11-12(17)7-13(21)9-18/h12-13,19H,3-8,10-11H2,1-2H3/t12-,13-/m0/s1. The fraction of sp³-hybridized carbons (Fsp3) is 0.812. The van der Waals surface area contributed by atoms with Gasteiger partial charge in [0.15, 0.2) is 0 Å². The lowest BCUT2D eigenvalue weighted by Gasteiger charge is -2.29. The second-order valence-electron chi connectivity index (χ2n) is 7.03. The van der Waals surface area contributed by atoms with Gasteiger partial charge in [0.1, 0.15) is 6.04 Å². The van der Waals surface area contributed by atoms with Crippen LogP contribution in [0.4, 0.5) is 0 Å². The summed E-state index contributed by atoms with van der Waals surface area (Å²) in [6.07, 6.45) is 3.02. The molecule has 2 heterocycles. The zero-order valence-corrected chi connectivity index (χ0v) is 14.6. The van der Waals surface area contributed by atoms with Crippen LogP contribution in [-0.4, -0.2) is 64.8 Å². The first-order valence-electron chi connectivity index (χ1n) is 8.18. The Morgan fingerprint density at radius 2 is 1.96 bits per heavy atom. The topological polar surface area (TPSA) is 76.4 Å². The van der Waals surface area contributed by atoms with Gasteiger partial charge in [0.2, 0.25) is 11.8 Å². The highest BCUT2D eigenvalue weighted by Gasteiger charge is 2.35. The molecule has 0 radical (unpaired) electrons. The molecule has 6 nitrogen and oxygen atoms in total. The molecule has 2 aliphatic heterocycles. The smallest absolute Gasteiger partial charge is 0.237 e. The maximum absolute atomic E-state index is 12.3. The van der Waals surface area contributed by atoms with Gasteiger partial charge in [0.05, 0.1) is 18.0 Å². The number of halogens is 1. The Morgan fingerprint density at radius 1 is 1.30 bits per heavy atom. The van der Waals surface area contributed by atoms with Crippen molar-refractivity contribution in [3.63, 3.8) is 0 Å². The third-order valence-corrected chi connectivity index (χ3v) is 4.81. The molecular formula is C16H25ClN4O2. The monoisotopic (exact) mass is 340 g/mol. The van der Waals surface area contributed by atoms with E-state index in [2.05, 4.69) is 11.4 Å². The molecule has 23 heavy (non-hydrogen) atoms. The van der Waals surface area contributed by atoms with Crippen molar-refractivity contribution in [3.05, 3.63) is 0 Å². The minimum atomic E-state index is -0.461. The minimum Gasteiger partial charge on any atom is -0.343 e. The van der Waals surface area contributed by atoms with Gasteiger partial charge in [-0.05, 0) is 33.1 Å². The van der Waals surface area contributed by atoms with E-state index in [1.54, 1.807) is 0 Å². The number of carbonyl (C=O) groups is 2. The Kier molecular flexibility index (Phi) is 5.88. The first kappa shape index (κ1) is 18.0. The Hall–Kier alpha value is -1.32. The van der Waals surface area contributed by atoms with Crippen molar-refractivity contribution in [2.45, 2.75) is 56.5 Å². The first-order valence-corrected chi connectivity index (χ1v) is 8.62. The van der Waals surface area contributed by atoms with E-state index in [0.29, 0.717) is 19.4 Å². The average molecular weight is 341 g/mol. The van der Waals surface area contributed by atoms with E-state index in [1.165, 1.54) is 4.90 Å². The van der Waals surface area contributed by atoms with Crippen molar-refractivity contribution >= 4 is 23.4 Å². The molecule has 0 aliphatic carbocycles. The number of amides is 2. The van der Waals surface area contributed by atoms with Crippen LogP contribution < -0.4 is 5.32 Å². The molecule has 0 aromatic rings. The number of hydrogen-bond acceptors (Lipinski definition) is 4. The van der Waals surface area contributed by atoms with Crippen molar-refractivity contribution in [3.8, 4) is 6.07 Å². The summed E-state index contributed by atoms with van der Waals surface area (Å²) in [7, 11) is 0. The van der Waals surface area contributed by atoms with Crippen LogP contribution in [-0.2, 0) is 9.59 Å². The Bertz CT molecular complexity index is 497. The summed E-state index contributed by atoms with van der Waals surface area (Å²) < 4.78 is 0. The lowest BCUT2D eigenvalue weighted by atomic mass is 9.99. The van der Waals surface area contributed by atoms with Crippen LogP contribution >= 0.6 is 11.6 Å². The number of carbonyl (C=O) groups excluding carboxylic acids is 2. The highest BCUT2D eigenvalue weighted by molar-refractivity contribution is 6.21. The summed E-state index contributed by atoms with van der Waals surface area (Å²) in [4.78, 5) is 28.0. The van der Waals surface area contributed by atoms with Gasteiger partial charge in [0, 0.05) is 31.6 Å². The molecule has 2 rings (SSSR count). The van der Waals surface area contributed by atoms with Crippen LogP contribution in [0.15, 0.2) is 0 Å². The van der Waals surface area contributed by atoms with Crippen LogP contribution in [0.25, 0.3) is 0 Å². The number of likely N-dealkylation sites (tertiary alicyclic amines) is 2. The van der Waals surface area contributed by atoms with Gasteiger partial charge in [-0.15, -0.1) is 11.6 Å². The second-order valence-corrected chi connectivity index (χ2v) is 7.64. The van der Waals surface area contributed by atoms with E-state index in [1.807, 2.05) is 18.7 Å². The lowest BCUT2D eigenvalue weighted by Crippen LogP contribution is -2.49. The van der Waals surface area contributed by atoms with Crippen LogP contribution in [0.5, 0.6) is 0 Å². The summed E-state index contributed by atoms with van der Waals surface area (Å²) in [5.74, 6) is -0.00857. The molecule has 0 saturated carbocycles. The SMILES string of the molecule is CC(C)(CC(=O)N1CCCC1)NCC(=O)N1C[C@@H](Cl)C[C@H]1C#N. The van der Waals surface area contributed by atoms with E-state index in [9.17, 15) is 9.59 Å². The molecule has 0 aromatic heterocycles. The largest absolute Gasteiger partial charge is 0.343 e. The molecule has 2 amide bonds. The zero-order chi connectivity index (χ0) is 17.0. The minimum absolute atomic E-state index is 0.113. The molecule has 0 aromatic carbocycles. The average Bonchev–Trinajstić information content (AvgIpc) is 3.13. The Morgan fingerprint density at radius 3 is 2.57 bits per heavy atom. The molecule has 1 N–H and O–H groups in total. The van der Waals surface area contributed by atoms with Crippen molar-refractivity contribution in [2.24, 2.45) is 0 Å². The van der Waals surface area contributed by atoms with Gasteiger partial charge < -0.3 is 15.1 Å². The number of nitrogens with zero attached hydrogens (tertiary/aromatic N) is 3. The summed E-state index contributed by atoms with van der Waals surface area (Å²) in [6, 6.07) is 1.68. The number of hydrogen-bond donors (Lipinski definition) is 1. The van der Waals surface area contributed by atoms with Gasteiger partial charge in [-0.2, -0.15) is 5.26 Å². The van der Waals surface area contributed by atoms with E-state index in [-0.39, 0.29) is 23.7 Å². The fourth-order valence-electron chi connectivity index (χ4n) is 3.12. The number of nitrogens with one attached hydrogen (secondary N) is 1. The maximum Gasteiger partial charge on any atom is 0.237 e. The molecule has 128 valence electrons. The van der Waals surface area contributed by atoms with Crippen molar-refractivity contribution < 1.29 is 9.59 Å². The molecule has 0 bridgehead atoms. The van der Waals surface area contributed by atoms with Crippen molar-refractivity contribution in [1.82, 2.24) is 15.1 Å². The molecule has 2 aliphatic rings. The van der Waals surface area contributed by atoms with Crippen LogP contribution in [0.3, 0.4) is 0 Å². The van der Waals surface area contributed by atoms with Crippen molar-refractivity contribution in [2.75, 3.05) is 26.2 Å². The predicted octanol–water partition coefficient (Wildman–Crippen LogP) is 1.10. The van der Waals surface area contributed by atoms with Crippen LogP contribution in [0, 0.1) is 11.3 Å². The highest BCUT2D eigenvalue weighted by atomic mass is 35.5. The summed E-state index contributed by atoms with van der Waals surface area (Å²) >= 11 is 6.04. The molecule has 2 fully saturated rings. The van der Waals surface area contributed by atoms with E-state index in [4.69, 9.17) is 16.9 Å². The molecule has 2 saturated heterocycles. The molecule has 2 atom stereocenters. The van der Waals surface area contributed by atoms with Crippen LogP contribution in [0.1, 0.15) is 39.5 Å². The van der Waals surface area contributed by atoms with Gasteiger partial charge in [-0.25, -0.2) is 0 Å². The quantitative estimate of drug-likeness (QED) is 0.760. The summed E-state index contributed by atoms with van der Waals surface area (Å²) in [5, 5.41) is 12.1. The first-order chi connectivity index (χ1) is 10.8. The zero-order valence-electron chi connectivity index (χ0n) is 13.8. The Balaban J connectivity index is 1.82. The van der Waals surface area contributed by atoms with E-state index in [0.717, 1.165) is 25.9 Å². The molecule has 0 unspecified atom stereocenters. The highest BCUT2D eigenvalue weighted by Crippen LogP contribution is 2.22. The molecule has 0 spiro atoms. The third kappa shape index (κ3) is 4.82. The van der Waals surface area contributed by atoms with Gasteiger partial charge in [0.25, 0.3) is 0 Å². The fourth-order valence-corrected chi connectivity index (χ4v) is 3.44. The second kappa shape index (κ2) is 7.50. The summed E-state index contributed by atoms with van der Waals surface area (Å²) in [6.45, 7) is 6.04. The number of alkyl halides is 1. The maximum atomic E-state index is 12.3.